The Balaban J connectivity index is 2.18. The summed E-state index contributed by atoms with van der Waals surface area (Å²) in [7, 11) is 0. The van der Waals surface area contributed by atoms with Crippen LogP contribution in [0.4, 0.5) is 8.78 Å². The molecule has 2 rings (SSSR count). The average Bonchev–Trinajstić information content (AvgIpc) is 3.39. The minimum atomic E-state index is -4.13. The normalized spacial score (nSPS) is 16.9. The summed E-state index contributed by atoms with van der Waals surface area (Å²) in [6.07, 6.45) is 0.748. The Labute approximate surface area is 218 Å². The van der Waals surface area contributed by atoms with Crippen LogP contribution in [0.5, 0.6) is 0 Å². The Kier molecular flexibility index (Phi) is 11.4. The van der Waals surface area contributed by atoms with Crippen LogP contribution in [0.25, 0.3) is 0 Å². The summed E-state index contributed by atoms with van der Waals surface area (Å²) in [6.45, 7) is 6.34. The number of carbonyl (C=O) groups excluding carboxylic acids is 3. The first-order valence-electron chi connectivity index (χ1n) is 13.1. The van der Waals surface area contributed by atoms with Gasteiger partial charge in [0.05, 0.1) is 18.6 Å². The van der Waals surface area contributed by atoms with Crippen molar-refractivity contribution in [3.8, 4) is 0 Å². The number of hydrogen-bond donors (Lipinski definition) is 4. The fourth-order valence-corrected chi connectivity index (χ4v) is 4.74. The molecule has 0 saturated heterocycles. The van der Waals surface area contributed by atoms with Crippen molar-refractivity contribution in [2.45, 2.75) is 90.0 Å². The third-order valence-electron chi connectivity index (χ3n) is 6.98. The molecule has 0 spiro atoms. The molecule has 0 bridgehead atoms. The molecular weight excluding hydrogens is 482 g/mol. The summed E-state index contributed by atoms with van der Waals surface area (Å²) in [5.41, 5.74) is 6.73. The number of halogens is 2. The smallest absolute Gasteiger partial charge is 0.351 e. The van der Waals surface area contributed by atoms with Crippen molar-refractivity contribution in [1.29, 1.82) is 0 Å². The SMILES string of the molecule is CC(C)C(C(O)C(F)(F)C(=O)NCCc1ccccc1)N(C(=O)CNC(=O)[C@@H](N)C(C)C)C1CCCC1. The van der Waals surface area contributed by atoms with E-state index in [-0.39, 0.29) is 18.5 Å². The maximum absolute atomic E-state index is 15.3. The van der Waals surface area contributed by atoms with Gasteiger partial charge in [0, 0.05) is 12.6 Å². The van der Waals surface area contributed by atoms with Crippen LogP contribution in [0.15, 0.2) is 30.3 Å². The summed E-state index contributed by atoms with van der Waals surface area (Å²) in [5.74, 6) is -7.56. The lowest BCUT2D eigenvalue weighted by atomic mass is 9.90. The molecule has 208 valence electrons. The quantitative estimate of drug-likeness (QED) is 0.315. The molecule has 1 aliphatic carbocycles. The first-order valence-corrected chi connectivity index (χ1v) is 13.1. The molecule has 0 aromatic heterocycles. The number of rotatable bonds is 13. The second-order valence-electron chi connectivity index (χ2n) is 10.5. The van der Waals surface area contributed by atoms with Gasteiger partial charge in [-0.1, -0.05) is 70.9 Å². The molecule has 2 unspecified atom stereocenters. The van der Waals surface area contributed by atoms with Gasteiger partial charge in [0.1, 0.15) is 6.10 Å². The average molecular weight is 525 g/mol. The zero-order valence-electron chi connectivity index (χ0n) is 22.3. The Morgan fingerprint density at radius 3 is 2.19 bits per heavy atom. The molecule has 1 aromatic rings. The van der Waals surface area contributed by atoms with Crippen LogP contribution in [0.3, 0.4) is 0 Å². The predicted octanol–water partition coefficient (Wildman–Crippen LogP) is 2.24. The van der Waals surface area contributed by atoms with Crippen LogP contribution < -0.4 is 16.4 Å². The van der Waals surface area contributed by atoms with Gasteiger partial charge in [-0.15, -0.1) is 0 Å². The van der Waals surface area contributed by atoms with E-state index >= 15 is 8.78 Å². The highest BCUT2D eigenvalue weighted by Crippen LogP contribution is 2.33. The molecule has 8 nitrogen and oxygen atoms in total. The third-order valence-corrected chi connectivity index (χ3v) is 6.98. The van der Waals surface area contributed by atoms with Gasteiger partial charge in [-0.25, -0.2) is 0 Å². The minimum absolute atomic E-state index is 0.0229. The molecule has 5 N–H and O–H groups in total. The van der Waals surface area contributed by atoms with E-state index in [0.29, 0.717) is 19.3 Å². The highest BCUT2D eigenvalue weighted by molar-refractivity contribution is 5.88. The zero-order chi connectivity index (χ0) is 27.8. The van der Waals surface area contributed by atoms with Gasteiger partial charge in [0.2, 0.25) is 11.8 Å². The largest absolute Gasteiger partial charge is 0.384 e. The second-order valence-corrected chi connectivity index (χ2v) is 10.5. The van der Waals surface area contributed by atoms with Crippen molar-refractivity contribution in [3.63, 3.8) is 0 Å². The maximum Gasteiger partial charge on any atom is 0.351 e. The van der Waals surface area contributed by atoms with Gasteiger partial charge in [0.15, 0.2) is 0 Å². The Morgan fingerprint density at radius 1 is 1.05 bits per heavy atom. The summed E-state index contributed by atoms with van der Waals surface area (Å²) in [4.78, 5) is 39.4. The van der Waals surface area contributed by atoms with Crippen LogP contribution in [-0.4, -0.2) is 71.0 Å². The molecule has 1 saturated carbocycles. The van der Waals surface area contributed by atoms with E-state index < -0.39 is 54.3 Å². The van der Waals surface area contributed by atoms with E-state index in [1.54, 1.807) is 27.7 Å². The lowest BCUT2D eigenvalue weighted by Gasteiger charge is -2.43. The van der Waals surface area contributed by atoms with Crippen LogP contribution in [0.2, 0.25) is 0 Å². The molecule has 0 radical (unpaired) electrons. The van der Waals surface area contributed by atoms with Crippen molar-refractivity contribution < 1.29 is 28.3 Å². The van der Waals surface area contributed by atoms with Crippen LogP contribution in [0.1, 0.15) is 58.9 Å². The fraction of sp³-hybridized carbons (Fsp3) is 0.667. The van der Waals surface area contributed by atoms with E-state index in [2.05, 4.69) is 10.6 Å². The van der Waals surface area contributed by atoms with Gasteiger partial charge >= 0.3 is 5.92 Å². The molecule has 10 heteroatoms. The number of carbonyl (C=O) groups is 3. The molecule has 0 aliphatic heterocycles. The minimum Gasteiger partial charge on any atom is -0.384 e. The van der Waals surface area contributed by atoms with E-state index in [0.717, 1.165) is 18.4 Å². The highest BCUT2D eigenvalue weighted by Gasteiger charge is 2.53. The van der Waals surface area contributed by atoms with Gasteiger partial charge in [0.25, 0.3) is 5.91 Å². The molecule has 3 amide bonds. The fourth-order valence-electron chi connectivity index (χ4n) is 4.74. The van der Waals surface area contributed by atoms with Gasteiger partial charge < -0.3 is 26.4 Å². The van der Waals surface area contributed by atoms with Gasteiger partial charge in [-0.3, -0.25) is 14.4 Å². The number of amides is 3. The van der Waals surface area contributed by atoms with Crippen molar-refractivity contribution in [2.24, 2.45) is 17.6 Å². The lowest BCUT2D eigenvalue weighted by molar-refractivity contribution is -0.180. The Bertz CT molecular complexity index is 892. The number of alkyl halides is 2. The Morgan fingerprint density at radius 2 is 1.65 bits per heavy atom. The number of aliphatic hydroxyl groups is 1. The van der Waals surface area contributed by atoms with Crippen molar-refractivity contribution in [1.82, 2.24) is 15.5 Å². The number of aliphatic hydroxyl groups excluding tert-OH is 1. The molecule has 1 aliphatic rings. The Hall–Kier alpha value is -2.59. The van der Waals surface area contributed by atoms with Crippen molar-refractivity contribution in [2.75, 3.05) is 13.1 Å². The number of hydrogen-bond acceptors (Lipinski definition) is 5. The molecule has 1 fully saturated rings. The lowest BCUT2D eigenvalue weighted by Crippen LogP contribution is -2.63. The topological polar surface area (TPSA) is 125 Å². The summed E-state index contributed by atoms with van der Waals surface area (Å²) in [5, 5.41) is 15.6. The predicted molar refractivity (Wildman–Crippen MR) is 138 cm³/mol. The van der Waals surface area contributed by atoms with E-state index in [1.807, 2.05) is 30.3 Å². The molecule has 37 heavy (non-hydrogen) atoms. The summed E-state index contributed by atoms with van der Waals surface area (Å²) in [6, 6.07) is 6.59. The summed E-state index contributed by atoms with van der Waals surface area (Å²) < 4.78 is 30.6. The first-order chi connectivity index (χ1) is 17.4. The number of nitrogens with one attached hydrogen (secondary N) is 2. The van der Waals surface area contributed by atoms with Crippen molar-refractivity contribution >= 4 is 17.7 Å². The maximum atomic E-state index is 15.3. The molecule has 1 aromatic carbocycles. The van der Waals surface area contributed by atoms with Gasteiger partial charge in [-0.2, -0.15) is 8.78 Å². The number of nitrogens with zero attached hydrogens (tertiary/aromatic N) is 1. The van der Waals surface area contributed by atoms with Crippen LogP contribution in [-0.2, 0) is 20.8 Å². The number of nitrogens with two attached hydrogens (primary N) is 1. The monoisotopic (exact) mass is 524 g/mol. The molecule has 3 atom stereocenters. The molecular formula is C27H42F2N4O4. The van der Waals surface area contributed by atoms with E-state index in [9.17, 15) is 19.5 Å². The van der Waals surface area contributed by atoms with Crippen molar-refractivity contribution in [3.05, 3.63) is 35.9 Å². The third kappa shape index (κ3) is 8.20. The summed E-state index contributed by atoms with van der Waals surface area (Å²) >= 11 is 0. The molecule has 0 heterocycles. The standard InChI is InChI=1S/C27H42F2N4O4/c1-17(2)22(30)25(36)32-16-21(34)33(20-12-8-9-13-20)23(18(3)4)24(35)27(28,29)26(37)31-15-14-19-10-6-5-7-11-19/h5-7,10-11,17-18,20,22-24,35H,8-9,12-16,30H2,1-4H3,(H,31,37)(H,32,36)/t22-,23?,24?/m0/s1. The first kappa shape index (κ1) is 30.6. The van der Waals surface area contributed by atoms with Crippen LogP contribution in [0, 0.1) is 11.8 Å². The van der Waals surface area contributed by atoms with E-state index in [1.165, 1.54) is 4.90 Å². The second kappa shape index (κ2) is 13.8. The zero-order valence-corrected chi connectivity index (χ0v) is 22.3. The van der Waals surface area contributed by atoms with Crippen LogP contribution >= 0.6 is 0 Å². The number of benzene rings is 1. The van der Waals surface area contributed by atoms with Gasteiger partial charge in [-0.05, 0) is 36.7 Å². The highest BCUT2D eigenvalue weighted by atomic mass is 19.3. The van der Waals surface area contributed by atoms with E-state index in [4.69, 9.17) is 5.73 Å².